The minimum atomic E-state index is -0.154. The summed E-state index contributed by atoms with van der Waals surface area (Å²) in [6.45, 7) is 2.76. The van der Waals surface area contributed by atoms with Gasteiger partial charge in [0.15, 0.2) is 5.78 Å². The van der Waals surface area contributed by atoms with Gasteiger partial charge < -0.3 is 15.0 Å². The van der Waals surface area contributed by atoms with Gasteiger partial charge in [-0.15, -0.1) is 0 Å². The lowest BCUT2D eigenvalue weighted by atomic mass is 10.1. The molecule has 0 aromatic heterocycles. The van der Waals surface area contributed by atoms with E-state index in [4.69, 9.17) is 16.3 Å². The fraction of sp³-hybridized carbons (Fsp3) is 0.222. The summed E-state index contributed by atoms with van der Waals surface area (Å²) in [6, 6.07) is 12.3. The molecule has 0 atom stereocenters. The van der Waals surface area contributed by atoms with Gasteiger partial charge in [-0.05, 0) is 43.3 Å². The summed E-state index contributed by atoms with van der Waals surface area (Å²) in [5.41, 5.74) is 2.01. The normalized spacial score (nSPS) is 13.0. The standard InChI is InChI=1S/C18H17ClN2O3/c1-12(22)13-5-6-17-16(9-13)21(7-8-24-17)11-18(23)20-15-4-2-3-14(19)10-15/h2-6,9-10H,7-8,11H2,1H3,(H,20,23). The van der Waals surface area contributed by atoms with E-state index in [0.717, 1.165) is 5.69 Å². The minimum absolute atomic E-state index is 0.0216. The molecule has 0 radical (unpaired) electrons. The summed E-state index contributed by atoms with van der Waals surface area (Å²) in [5, 5.41) is 3.39. The van der Waals surface area contributed by atoms with Crippen molar-refractivity contribution in [3.8, 4) is 5.75 Å². The Morgan fingerprint density at radius 2 is 2.08 bits per heavy atom. The zero-order valence-electron chi connectivity index (χ0n) is 13.2. The Morgan fingerprint density at radius 3 is 2.83 bits per heavy atom. The van der Waals surface area contributed by atoms with Crippen LogP contribution >= 0.6 is 11.6 Å². The Bertz CT molecular complexity index is 792. The molecule has 3 rings (SSSR count). The Morgan fingerprint density at radius 1 is 1.25 bits per heavy atom. The average molecular weight is 345 g/mol. The van der Waals surface area contributed by atoms with Crippen molar-refractivity contribution in [2.24, 2.45) is 0 Å². The number of carbonyl (C=O) groups is 2. The molecule has 0 bridgehead atoms. The van der Waals surface area contributed by atoms with Crippen LogP contribution in [0.15, 0.2) is 42.5 Å². The van der Waals surface area contributed by atoms with Crippen molar-refractivity contribution in [3.63, 3.8) is 0 Å². The number of carbonyl (C=O) groups excluding carboxylic acids is 2. The third-order valence-corrected chi connectivity index (χ3v) is 4.00. The number of anilines is 2. The predicted octanol–water partition coefficient (Wildman–Crippen LogP) is 3.38. The fourth-order valence-corrected chi connectivity index (χ4v) is 2.79. The van der Waals surface area contributed by atoms with Crippen molar-refractivity contribution in [1.82, 2.24) is 0 Å². The van der Waals surface area contributed by atoms with Gasteiger partial charge in [-0.25, -0.2) is 0 Å². The van der Waals surface area contributed by atoms with Crippen LogP contribution in [-0.2, 0) is 4.79 Å². The second kappa shape index (κ2) is 6.93. The van der Waals surface area contributed by atoms with E-state index in [9.17, 15) is 9.59 Å². The van der Waals surface area contributed by atoms with Crippen LogP contribution in [0.4, 0.5) is 11.4 Å². The number of hydrogen-bond donors (Lipinski definition) is 1. The fourth-order valence-electron chi connectivity index (χ4n) is 2.60. The molecule has 0 spiro atoms. The summed E-state index contributed by atoms with van der Waals surface area (Å²) in [6.07, 6.45) is 0. The Hall–Kier alpha value is -2.53. The largest absolute Gasteiger partial charge is 0.490 e. The van der Waals surface area contributed by atoms with Crippen molar-refractivity contribution in [1.29, 1.82) is 0 Å². The molecule has 1 amide bonds. The monoisotopic (exact) mass is 344 g/mol. The summed E-state index contributed by atoms with van der Waals surface area (Å²) in [4.78, 5) is 25.8. The molecule has 2 aromatic rings. The van der Waals surface area contributed by atoms with Crippen LogP contribution in [-0.4, -0.2) is 31.4 Å². The van der Waals surface area contributed by atoms with E-state index >= 15 is 0 Å². The first kappa shape index (κ1) is 16.3. The number of nitrogens with one attached hydrogen (secondary N) is 1. The maximum atomic E-state index is 12.3. The van der Waals surface area contributed by atoms with Crippen molar-refractivity contribution < 1.29 is 14.3 Å². The van der Waals surface area contributed by atoms with Crippen molar-refractivity contribution in [2.75, 3.05) is 29.9 Å². The predicted molar refractivity (Wildman–Crippen MR) is 94.2 cm³/mol. The van der Waals surface area contributed by atoms with E-state index in [0.29, 0.717) is 35.2 Å². The molecular formula is C18H17ClN2O3. The summed E-state index contributed by atoms with van der Waals surface area (Å²) in [5.74, 6) is 0.506. The van der Waals surface area contributed by atoms with Gasteiger partial charge in [-0.1, -0.05) is 17.7 Å². The van der Waals surface area contributed by atoms with Gasteiger partial charge in [0.25, 0.3) is 0 Å². The molecule has 24 heavy (non-hydrogen) atoms. The van der Waals surface area contributed by atoms with E-state index in [1.807, 2.05) is 4.90 Å². The zero-order chi connectivity index (χ0) is 17.1. The summed E-state index contributed by atoms with van der Waals surface area (Å²) in [7, 11) is 0. The van der Waals surface area contributed by atoms with E-state index in [1.54, 1.807) is 42.5 Å². The first-order valence-corrected chi connectivity index (χ1v) is 7.99. The highest BCUT2D eigenvalue weighted by Crippen LogP contribution is 2.32. The molecule has 124 valence electrons. The molecule has 1 heterocycles. The highest BCUT2D eigenvalue weighted by molar-refractivity contribution is 6.30. The molecule has 2 aromatic carbocycles. The Labute approximate surface area is 145 Å². The number of nitrogens with zero attached hydrogens (tertiary/aromatic N) is 1. The Balaban J connectivity index is 1.75. The highest BCUT2D eigenvalue weighted by Gasteiger charge is 2.21. The lowest BCUT2D eigenvalue weighted by molar-refractivity contribution is -0.115. The van der Waals surface area contributed by atoms with E-state index in [2.05, 4.69) is 5.32 Å². The van der Waals surface area contributed by atoms with Gasteiger partial charge in [0.2, 0.25) is 5.91 Å². The van der Waals surface area contributed by atoms with Gasteiger partial charge in [0.05, 0.1) is 18.8 Å². The second-order valence-corrected chi connectivity index (χ2v) is 6.00. The number of halogens is 1. The topological polar surface area (TPSA) is 58.6 Å². The molecule has 5 nitrogen and oxygen atoms in total. The smallest absolute Gasteiger partial charge is 0.243 e. The third kappa shape index (κ3) is 3.68. The number of ether oxygens (including phenoxy) is 1. The van der Waals surface area contributed by atoms with Crippen LogP contribution in [0.2, 0.25) is 5.02 Å². The van der Waals surface area contributed by atoms with Crippen LogP contribution in [0.25, 0.3) is 0 Å². The first-order chi connectivity index (χ1) is 11.5. The molecule has 1 aliphatic heterocycles. The number of fused-ring (bicyclic) bond motifs is 1. The van der Waals surface area contributed by atoms with Crippen LogP contribution in [0.3, 0.4) is 0 Å². The van der Waals surface area contributed by atoms with Gasteiger partial charge in [0.1, 0.15) is 12.4 Å². The zero-order valence-corrected chi connectivity index (χ0v) is 14.0. The first-order valence-electron chi connectivity index (χ1n) is 7.61. The maximum absolute atomic E-state index is 12.3. The molecule has 0 saturated carbocycles. The van der Waals surface area contributed by atoms with Crippen LogP contribution in [0.5, 0.6) is 5.75 Å². The molecular weight excluding hydrogens is 328 g/mol. The van der Waals surface area contributed by atoms with E-state index in [-0.39, 0.29) is 18.2 Å². The van der Waals surface area contributed by atoms with Gasteiger partial charge in [0, 0.05) is 16.3 Å². The van der Waals surface area contributed by atoms with Crippen molar-refractivity contribution in [2.45, 2.75) is 6.92 Å². The van der Waals surface area contributed by atoms with E-state index < -0.39 is 0 Å². The van der Waals surface area contributed by atoms with Gasteiger partial charge in [-0.2, -0.15) is 0 Å². The third-order valence-electron chi connectivity index (χ3n) is 3.77. The molecule has 0 fully saturated rings. The molecule has 1 N–H and O–H groups in total. The number of hydrogen-bond acceptors (Lipinski definition) is 4. The molecule has 0 unspecified atom stereocenters. The number of benzene rings is 2. The van der Waals surface area contributed by atoms with Crippen molar-refractivity contribution in [3.05, 3.63) is 53.1 Å². The number of Topliss-reactive ketones (excluding diaryl/α,β-unsaturated/α-hetero) is 1. The lowest BCUT2D eigenvalue weighted by Crippen LogP contribution is -2.38. The average Bonchev–Trinajstić information content (AvgIpc) is 2.54. The quantitative estimate of drug-likeness (QED) is 0.864. The van der Waals surface area contributed by atoms with Gasteiger partial charge in [-0.3, -0.25) is 9.59 Å². The lowest BCUT2D eigenvalue weighted by Gasteiger charge is -2.31. The molecule has 6 heteroatoms. The Kier molecular flexibility index (Phi) is 4.71. The summed E-state index contributed by atoms with van der Waals surface area (Å²) < 4.78 is 5.60. The van der Waals surface area contributed by atoms with Crippen LogP contribution < -0.4 is 15.0 Å². The summed E-state index contributed by atoms with van der Waals surface area (Å²) >= 11 is 5.92. The van der Waals surface area contributed by atoms with Crippen LogP contribution in [0.1, 0.15) is 17.3 Å². The van der Waals surface area contributed by atoms with Crippen molar-refractivity contribution >= 4 is 34.7 Å². The number of rotatable bonds is 4. The molecule has 1 aliphatic rings. The SMILES string of the molecule is CC(=O)c1ccc2c(c1)N(CC(=O)Nc1cccc(Cl)c1)CCO2. The van der Waals surface area contributed by atoms with E-state index in [1.165, 1.54) is 6.92 Å². The second-order valence-electron chi connectivity index (χ2n) is 5.57. The number of amides is 1. The highest BCUT2D eigenvalue weighted by atomic mass is 35.5. The molecule has 0 aliphatic carbocycles. The molecule has 0 saturated heterocycles. The number of ketones is 1. The minimum Gasteiger partial charge on any atom is -0.490 e. The van der Waals surface area contributed by atoms with Crippen LogP contribution in [0, 0.1) is 0 Å². The maximum Gasteiger partial charge on any atom is 0.243 e. The van der Waals surface area contributed by atoms with Gasteiger partial charge >= 0.3 is 0 Å².